The molecule has 0 saturated carbocycles. The lowest BCUT2D eigenvalue weighted by Gasteiger charge is -2.29. The van der Waals surface area contributed by atoms with Gasteiger partial charge in [0.15, 0.2) is 5.13 Å². The maximum atomic E-state index is 12.6. The molecule has 1 N–H and O–H groups in total. The van der Waals surface area contributed by atoms with Gasteiger partial charge in [-0.3, -0.25) is 4.79 Å². The predicted molar refractivity (Wildman–Crippen MR) is 113 cm³/mol. The number of hydrogen-bond acceptors (Lipinski definition) is 5. The second-order valence-electron chi connectivity index (χ2n) is 7.15. The van der Waals surface area contributed by atoms with Crippen molar-refractivity contribution in [2.24, 2.45) is 5.92 Å². The first-order valence-electron chi connectivity index (χ1n) is 9.20. The van der Waals surface area contributed by atoms with Crippen LogP contribution in [0, 0.1) is 19.8 Å². The molecular weight excluding hydrogens is 396 g/mol. The first-order valence-corrected chi connectivity index (χ1v) is 11.9. The van der Waals surface area contributed by atoms with Crippen molar-refractivity contribution in [1.29, 1.82) is 0 Å². The average molecular weight is 423 g/mol. The zero-order valence-corrected chi connectivity index (χ0v) is 18.1. The van der Waals surface area contributed by atoms with Crippen LogP contribution in [0.2, 0.25) is 0 Å². The zero-order valence-electron chi connectivity index (χ0n) is 16.4. The van der Waals surface area contributed by atoms with E-state index < -0.39 is 10.0 Å². The van der Waals surface area contributed by atoms with Gasteiger partial charge in [-0.2, -0.15) is 0 Å². The molecule has 0 unspecified atom stereocenters. The Morgan fingerprint density at radius 2 is 2.07 bits per heavy atom. The van der Waals surface area contributed by atoms with Crippen molar-refractivity contribution in [3.63, 3.8) is 0 Å². The van der Waals surface area contributed by atoms with Crippen LogP contribution in [-0.4, -0.2) is 47.5 Å². The average Bonchev–Trinajstić information content (AvgIpc) is 3.21. The van der Waals surface area contributed by atoms with Crippen LogP contribution in [0.1, 0.15) is 24.2 Å². The molecular formula is C19H26N4O3S2. The summed E-state index contributed by atoms with van der Waals surface area (Å²) in [5.74, 6) is -0.283. The first kappa shape index (κ1) is 20.8. The lowest BCUT2D eigenvalue weighted by atomic mass is 9.97. The van der Waals surface area contributed by atoms with Crippen molar-refractivity contribution < 1.29 is 13.2 Å². The molecule has 1 amide bonds. The molecule has 0 radical (unpaired) electrons. The molecule has 9 heteroatoms. The van der Waals surface area contributed by atoms with E-state index in [0.29, 0.717) is 31.1 Å². The van der Waals surface area contributed by atoms with Gasteiger partial charge in [-0.05, 0) is 32.8 Å². The fraction of sp³-hybridized carbons (Fsp3) is 0.474. The Bertz CT molecular complexity index is 983. The van der Waals surface area contributed by atoms with Crippen LogP contribution in [-0.2, 0) is 21.4 Å². The van der Waals surface area contributed by atoms with E-state index in [-0.39, 0.29) is 11.8 Å². The molecule has 7 nitrogen and oxygen atoms in total. The van der Waals surface area contributed by atoms with Crippen molar-refractivity contribution in [2.45, 2.75) is 33.2 Å². The number of allylic oxidation sites excluding steroid dienone is 1. The zero-order chi connectivity index (χ0) is 20.5. The Morgan fingerprint density at radius 3 is 2.68 bits per heavy atom. The maximum absolute atomic E-state index is 12.6. The summed E-state index contributed by atoms with van der Waals surface area (Å²) in [6, 6.07) is 2.10. The molecule has 28 heavy (non-hydrogen) atoms. The van der Waals surface area contributed by atoms with E-state index in [1.54, 1.807) is 0 Å². The summed E-state index contributed by atoms with van der Waals surface area (Å²) in [7, 11) is -3.19. The second-order valence-corrected chi connectivity index (χ2v) is 9.99. The summed E-state index contributed by atoms with van der Waals surface area (Å²) in [5.41, 5.74) is 4.16. The monoisotopic (exact) mass is 422 g/mol. The summed E-state index contributed by atoms with van der Waals surface area (Å²) in [6.07, 6.45) is 4.13. The van der Waals surface area contributed by atoms with Crippen molar-refractivity contribution in [3.8, 4) is 11.3 Å². The van der Waals surface area contributed by atoms with Crippen LogP contribution in [0.4, 0.5) is 5.13 Å². The van der Waals surface area contributed by atoms with Crippen molar-refractivity contribution >= 4 is 32.4 Å². The summed E-state index contributed by atoms with van der Waals surface area (Å²) >= 11 is 1.40. The molecule has 0 bridgehead atoms. The Balaban J connectivity index is 1.66. The van der Waals surface area contributed by atoms with Gasteiger partial charge >= 0.3 is 0 Å². The predicted octanol–water partition coefficient (Wildman–Crippen LogP) is 3.02. The minimum atomic E-state index is -3.19. The highest BCUT2D eigenvalue weighted by molar-refractivity contribution is 7.88. The number of nitrogens with one attached hydrogen (secondary N) is 1. The van der Waals surface area contributed by atoms with Gasteiger partial charge in [-0.1, -0.05) is 6.08 Å². The van der Waals surface area contributed by atoms with Gasteiger partial charge in [-0.15, -0.1) is 17.9 Å². The number of anilines is 1. The third-order valence-corrected chi connectivity index (χ3v) is 7.25. The van der Waals surface area contributed by atoms with Gasteiger partial charge < -0.3 is 9.88 Å². The lowest BCUT2D eigenvalue weighted by molar-refractivity contribution is -0.120. The molecule has 3 rings (SSSR count). The Labute approximate surface area is 170 Å². The standard InChI is InChI=1S/C19H26N4O3S2/c1-5-8-23-13(2)11-16(14(23)3)17-12-27-19(20-17)21-18(24)15-6-9-22(10-7-15)28(4,25)26/h5,11-12,15H,1,6-10H2,2-4H3,(H,20,21,24). The van der Waals surface area contributed by atoms with Crippen molar-refractivity contribution in [2.75, 3.05) is 24.7 Å². The molecule has 1 fully saturated rings. The Morgan fingerprint density at radius 1 is 1.39 bits per heavy atom. The fourth-order valence-electron chi connectivity index (χ4n) is 3.58. The van der Waals surface area contributed by atoms with E-state index in [1.165, 1.54) is 21.9 Å². The topological polar surface area (TPSA) is 84.3 Å². The van der Waals surface area contributed by atoms with E-state index in [2.05, 4.69) is 41.4 Å². The van der Waals surface area contributed by atoms with Crippen LogP contribution in [0.5, 0.6) is 0 Å². The number of carbonyl (C=O) groups excluding carboxylic acids is 1. The third-order valence-electron chi connectivity index (χ3n) is 5.19. The van der Waals surface area contributed by atoms with Crippen LogP contribution < -0.4 is 5.32 Å². The van der Waals surface area contributed by atoms with E-state index in [1.807, 2.05) is 11.5 Å². The quantitative estimate of drug-likeness (QED) is 0.725. The fourth-order valence-corrected chi connectivity index (χ4v) is 5.17. The summed E-state index contributed by atoms with van der Waals surface area (Å²) in [6.45, 7) is 9.43. The van der Waals surface area contributed by atoms with E-state index in [9.17, 15) is 13.2 Å². The summed E-state index contributed by atoms with van der Waals surface area (Å²) in [4.78, 5) is 17.1. The van der Waals surface area contributed by atoms with Gasteiger partial charge in [0, 0.05) is 47.9 Å². The van der Waals surface area contributed by atoms with E-state index in [4.69, 9.17) is 0 Å². The number of amides is 1. The minimum Gasteiger partial charge on any atom is -0.345 e. The van der Waals surface area contributed by atoms with Gasteiger partial charge in [0.1, 0.15) is 0 Å². The molecule has 0 atom stereocenters. The van der Waals surface area contributed by atoms with E-state index in [0.717, 1.165) is 29.2 Å². The molecule has 0 aromatic carbocycles. The number of thiazole rings is 1. The normalized spacial score (nSPS) is 16.2. The van der Waals surface area contributed by atoms with Crippen LogP contribution in [0.15, 0.2) is 24.1 Å². The van der Waals surface area contributed by atoms with Crippen LogP contribution in [0.25, 0.3) is 11.3 Å². The molecule has 1 saturated heterocycles. The number of rotatable bonds is 6. The highest BCUT2D eigenvalue weighted by Crippen LogP contribution is 2.30. The van der Waals surface area contributed by atoms with Crippen LogP contribution in [0.3, 0.4) is 0 Å². The summed E-state index contributed by atoms with van der Waals surface area (Å²) in [5, 5.41) is 5.41. The number of carbonyl (C=O) groups is 1. The van der Waals surface area contributed by atoms with Gasteiger partial charge in [-0.25, -0.2) is 17.7 Å². The highest BCUT2D eigenvalue weighted by atomic mass is 32.2. The Kier molecular flexibility index (Phi) is 6.07. The van der Waals surface area contributed by atoms with Crippen molar-refractivity contribution in [3.05, 3.63) is 35.5 Å². The Hall–Kier alpha value is -1.97. The first-order chi connectivity index (χ1) is 13.2. The number of aromatic nitrogens is 2. The van der Waals surface area contributed by atoms with Gasteiger partial charge in [0.05, 0.1) is 11.9 Å². The van der Waals surface area contributed by atoms with Gasteiger partial charge in [0.2, 0.25) is 15.9 Å². The number of piperidine rings is 1. The molecule has 152 valence electrons. The molecule has 1 aliphatic rings. The molecule has 0 aliphatic carbocycles. The molecule has 2 aromatic rings. The smallest absolute Gasteiger partial charge is 0.229 e. The number of sulfonamides is 1. The molecule has 3 heterocycles. The van der Waals surface area contributed by atoms with Crippen LogP contribution >= 0.6 is 11.3 Å². The minimum absolute atomic E-state index is 0.0915. The second kappa shape index (κ2) is 8.18. The van der Waals surface area contributed by atoms with Crippen molar-refractivity contribution in [1.82, 2.24) is 13.9 Å². The molecule has 2 aromatic heterocycles. The third kappa shape index (κ3) is 4.37. The van der Waals surface area contributed by atoms with Gasteiger partial charge in [0.25, 0.3) is 0 Å². The van der Waals surface area contributed by atoms with E-state index >= 15 is 0 Å². The maximum Gasteiger partial charge on any atom is 0.229 e. The number of hydrogen-bond donors (Lipinski definition) is 1. The largest absolute Gasteiger partial charge is 0.345 e. The molecule has 0 spiro atoms. The lowest BCUT2D eigenvalue weighted by Crippen LogP contribution is -2.40. The SMILES string of the molecule is C=CCn1c(C)cc(-c2csc(NC(=O)C3CCN(S(C)(=O)=O)CC3)n2)c1C. The molecule has 1 aliphatic heterocycles. The number of nitrogens with zero attached hydrogens (tertiary/aromatic N) is 3. The number of aryl methyl sites for hydroxylation is 1. The summed E-state index contributed by atoms with van der Waals surface area (Å²) < 4.78 is 26.8. The highest BCUT2D eigenvalue weighted by Gasteiger charge is 2.29.